The van der Waals surface area contributed by atoms with Gasteiger partial charge in [-0.1, -0.05) is 133 Å². The summed E-state index contributed by atoms with van der Waals surface area (Å²) < 4.78 is 0. The number of hydrogen-bond donors (Lipinski definition) is 0. The van der Waals surface area contributed by atoms with Gasteiger partial charge < -0.3 is 0 Å². The molecule has 0 radical (unpaired) electrons. The van der Waals surface area contributed by atoms with Crippen LogP contribution < -0.4 is 0 Å². The van der Waals surface area contributed by atoms with Crippen LogP contribution in [0.2, 0.25) is 17.6 Å². The zero-order valence-electron chi connectivity index (χ0n) is 30.8. The van der Waals surface area contributed by atoms with E-state index in [0.29, 0.717) is 41.4 Å². The van der Waals surface area contributed by atoms with Gasteiger partial charge in [0.2, 0.25) is 0 Å². The summed E-state index contributed by atoms with van der Waals surface area (Å²) in [4.78, 5) is 0. The zero-order valence-corrected chi connectivity index (χ0v) is 31.8. The van der Waals surface area contributed by atoms with Gasteiger partial charge in [0.25, 0.3) is 0 Å². The molecule has 5 fully saturated rings. The second-order valence-electron chi connectivity index (χ2n) is 20.5. The van der Waals surface area contributed by atoms with Gasteiger partial charge in [0.15, 0.2) is 0 Å². The van der Waals surface area contributed by atoms with E-state index in [2.05, 4.69) is 136 Å². The van der Waals surface area contributed by atoms with Crippen LogP contribution in [0.15, 0.2) is 93.3 Å². The van der Waals surface area contributed by atoms with Crippen molar-refractivity contribution in [3.8, 4) is 0 Å². The third-order valence-corrected chi connectivity index (χ3v) is 22.2. The molecule has 0 aromatic carbocycles. The Labute approximate surface area is 282 Å². The van der Waals surface area contributed by atoms with E-state index >= 15 is 0 Å². The Morgan fingerprint density at radius 3 is 1.48 bits per heavy atom. The molecule has 9 aliphatic rings. The van der Waals surface area contributed by atoms with Crippen LogP contribution in [-0.2, 0) is 0 Å². The topological polar surface area (TPSA) is 0 Å². The Kier molecular flexibility index (Phi) is 5.93. The number of allylic oxidation sites excluding steroid dienone is 16. The Morgan fingerprint density at radius 1 is 0.500 bits per heavy atom. The van der Waals surface area contributed by atoms with Gasteiger partial charge in [-0.3, -0.25) is 0 Å². The van der Waals surface area contributed by atoms with Gasteiger partial charge in [-0.25, -0.2) is 0 Å². The maximum Gasteiger partial charge on any atom is 0.0878 e. The highest BCUT2D eigenvalue weighted by molar-refractivity contribution is 6.92. The summed E-state index contributed by atoms with van der Waals surface area (Å²) in [5.74, 6) is 5.50. The van der Waals surface area contributed by atoms with Crippen LogP contribution in [0.1, 0.15) is 94.9 Å². The van der Waals surface area contributed by atoms with Gasteiger partial charge in [0, 0.05) is 0 Å². The Balaban J connectivity index is 1.29. The molecule has 8 aliphatic carbocycles. The molecule has 9 rings (SSSR count). The average molecular weight is 629 g/mol. The first kappa shape index (κ1) is 30.2. The van der Waals surface area contributed by atoms with E-state index in [1.165, 1.54) is 36.8 Å². The monoisotopic (exact) mass is 628 g/mol. The van der Waals surface area contributed by atoms with Crippen LogP contribution in [0, 0.1) is 69.0 Å². The largest absolute Gasteiger partial charge is 0.0878 e. The predicted octanol–water partition coefficient (Wildman–Crippen LogP) is 12.1. The van der Waals surface area contributed by atoms with Gasteiger partial charge >= 0.3 is 0 Å². The second kappa shape index (κ2) is 9.02. The van der Waals surface area contributed by atoms with E-state index in [1.54, 1.807) is 16.7 Å². The molecule has 10 atom stereocenters. The summed E-state index contributed by atoms with van der Waals surface area (Å²) in [7, 11) is -1.98. The Hall–Kier alpha value is -1.86. The molecule has 1 heteroatoms. The van der Waals surface area contributed by atoms with Gasteiger partial charge in [-0.05, 0) is 142 Å². The lowest BCUT2D eigenvalue weighted by atomic mass is 9.56. The van der Waals surface area contributed by atoms with Crippen molar-refractivity contribution >= 4 is 8.07 Å². The molecule has 1 aliphatic heterocycles. The maximum absolute atomic E-state index is 2.96. The third-order valence-electron chi connectivity index (χ3n) is 16.2. The molecule has 1 saturated heterocycles. The van der Waals surface area contributed by atoms with Crippen LogP contribution in [0.3, 0.4) is 0 Å². The maximum atomic E-state index is 2.96. The molecule has 0 spiro atoms. The summed E-state index contributed by atoms with van der Waals surface area (Å²) >= 11 is 0. The molecule has 0 N–H and O–H groups in total. The fourth-order valence-corrected chi connectivity index (χ4v) is 21.3. The lowest BCUT2D eigenvalue weighted by Gasteiger charge is -2.64. The minimum absolute atomic E-state index is 0.270. The van der Waals surface area contributed by atoms with Crippen molar-refractivity contribution in [1.82, 2.24) is 0 Å². The van der Waals surface area contributed by atoms with Crippen molar-refractivity contribution in [2.24, 2.45) is 69.0 Å². The van der Waals surface area contributed by atoms with E-state index in [4.69, 9.17) is 0 Å². The van der Waals surface area contributed by atoms with E-state index < -0.39 is 8.07 Å². The van der Waals surface area contributed by atoms with Gasteiger partial charge in [-0.15, -0.1) is 0 Å². The van der Waals surface area contributed by atoms with Crippen LogP contribution in [0.5, 0.6) is 0 Å². The highest BCUT2D eigenvalue weighted by Gasteiger charge is 2.75. The first-order valence-electron chi connectivity index (χ1n) is 19.1. The molecule has 0 amide bonds. The Morgan fingerprint density at radius 2 is 0.935 bits per heavy atom. The van der Waals surface area contributed by atoms with Crippen LogP contribution in [-0.4, -0.2) is 8.07 Å². The summed E-state index contributed by atoms with van der Waals surface area (Å²) in [5, 5.41) is 2.08. The molecule has 1 heterocycles. The third kappa shape index (κ3) is 3.63. The van der Waals surface area contributed by atoms with E-state index in [1.807, 2.05) is 5.57 Å². The predicted molar refractivity (Wildman–Crippen MR) is 198 cm³/mol. The van der Waals surface area contributed by atoms with Gasteiger partial charge in [-0.2, -0.15) is 0 Å². The van der Waals surface area contributed by atoms with Gasteiger partial charge in [0.05, 0.1) is 8.07 Å². The molecule has 46 heavy (non-hydrogen) atoms. The summed E-state index contributed by atoms with van der Waals surface area (Å²) in [6, 6.07) is 0. The number of hydrogen-bond acceptors (Lipinski definition) is 0. The van der Waals surface area contributed by atoms with Crippen molar-refractivity contribution in [3.63, 3.8) is 0 Å². The summed E-state index contributed by atoms with van der Waals surface area (Å²) in [6.07, 6.45) is 29.9. The van der Waals surface area contributed by atoms with Crippen LogP contribution >= 0.6 is 0 Å². The van der Waals surface area contributed by atoms with Gasteiger partial charge in [0.1, 0.15) is 0 Å². The molecule has 0 aromatic rings. The van der Waals surface area contributed by atoms with Crippen LogP contribution in [0.25, 0.3) is 0 Å². The van der Waals surface area contributed by atoms with Crippen molar-refractivity contribution in [2.45, 2.75) is 113 Å². The number of fused-ring (bicyclic) bond motifs is 8. The molecule has 0 bridgehead atoms. The summed E-state index contributed by atoms with van der Waals surface area (Å²) in [5.41, 5.74) is 12.8. The minimum atomic E-state index is -1.98. The summed E-state index contributed by atoms with van der Waals surface area (Å²) in [6.45, 7) is 28.3. The fraction of sp³-hybridized carbons (Fsp3) is 0.644. The van der Waals surface area contributed by atoms with Crippen molar-refractivity contribution in [2.75, 3.05) is 0 Å². The standard InChI is InChI=1S/C45H60Si/c1-25-12-14-27-29(20-25)30-21-26(2)13-15-28(30)39(27)46(11)40-33-24-35-34(42(3,4)16-17-43(35,5)6)22-31(33)32-23-36-38(41(46)37(32)40)45(9,10)19-18-44(36,7)8/h12-15,20-24,27-33,37,39-40H,16-19H2,1-11H3. The smallest absolute Gasteiger partial charge is 0.0805 e. The first-order chi connectivity index (χ1) is 21.5. The molecule has 10 unspecified atom stereocenters. The molecule has 244 valence electrons. The zero-order chi connectivity index (χ0) is 32.5. The van der Waals surface area contributed by atoms with E-state index in [-0.39, 0.29) is 21.7 Å². The van der Waals surface area contributed by atoms with E-state index in [0.717, 1.165) is 17.0 Å². The highest BCUT2D eigenvalue weighted by atomic mass is 28.3. The molecule has 4 saturated carbocycles. The molecule has 0 nitrogen and oxygen atoms in total. The quantitative estimate of drug-likeness (QED) is 0.253. The molecular formula is C45H60Si. The van der Waals surface area contributed by atoms with Crippen molar-refractivity contribution in [1.29, 1.82) is 0 Å². The lowest BCUT2D eigenvalue weighted by molar-refractivity contribution is 0.241. The second-order valence-corrected chi connectivity index (χ2v) is 24.9. The Bertz CT molecular complexity index is 1640. The molecular weight excluding hydrogens is 569 g/mol. The van der Waals surface area contributed by atoms with Crippen molar-refractivity contribution < 1.29 is 0 Å². The minimum Gasteiger partial charge on any atom is -0.0805 e. The van der Waals surface area contributed by atoms with Crippen LogP contribution in [0.4, 0.5) is 0 Å². The lowest BCUT2D eigenvalue weighted by Crippen LogP contribution is -2.63. The normalized spacial score (nSPS) is 47.4. The fourth-order valence-electron chi connectivity index (χ4n) is 13.8. The van der Waals surface area contributed by atoms with Crippen molar-refractivity contribution in [3.05, 3.63) is 93.3 Å². The SMILES string of the molecule is CC1=CC2C3C=C(C)C=CC3C([Si]3(C)C4=C5C(=CC6C7C=C8C(=CC7C3C46)C(C)(C)CCC8(C)C)C(C)(C)CCC5(C)C)C2C=C1. The molecule has 0 aromatic heterocycles. The average Bonchev–Trinajstić information content (AvgIpc) is 3.47. The van der Waals surface area contributed by atoms with E-state index in [9.17, 15) is 0 Å². The number of rotatable bonds is 1. The highest BCUT2D eigenvalue weighted by Crippen LogP contribution is 2.80. The first-order valence-corrected chi connectivity index (χ1v) is 21.8.